The number of amides is 1. The van der Waals surface area contributed by atoms with Crippen molar-refractivity contribution in [2.24, 2.45) is 5.92 Å². The van der Waals surface area contributed by atoms with Gasteiger partial charge in [-0.1, -0.05) is 12.1 Å². The molecule has 1 unspecified atom stereocenters. The summed E-state index contributed by atoms with van der Waals surface area (Å²) in [5, 5.41) is 1.17. The van der Waals surface area contributed by atoms with Crippen LogP contribution in [-0.4, -0.2) is 38.8 Å². The summed E-state index contributed by atoms with van der Waals surface area (Å²) < 4.78 is 0. The molecule has 132 valence electrons. The fourth-order valence-electron chi connectivity index (χ4n) is 3.77. The molecule has 1 aliphatic rings. The topological polar surface area (TPSA) is 59.0 Å². The Kier molecular flexibility index (Phi) is 4.61. The number of piperidine rings is 1. The van der Waals surface area contributed by atoms with Crippen LogP contribution in [0.3, 0.4) is 0 Å². The smallest absolute Gasteiger partial charge is 0.257 e. The van der Waals surface area contributed by atoms with Crippen molar-refractivity contribution in [2.45, 2.75) is 26.2 Å². The van der Waals surface area contributed by atoms with E-state index in [0.29, 0.717) is 11.5 Å². The number of aryl methyl sites for hydroxylation is 1. The van der Waals surface area contributed by atoms with Crippen molar-refractivity contribution in [2.75, 3.05) is 13.1 Å². The molecule has 5 heteroatoms. The van der Waals surface area contributed by atoms with Gasteiger partial charge in [0, 0.05) is 30.9 Å². The number of hydrogen-bond acceptors (Lipinski definition) is 4. The zero-order valence-electron chi connectivity index (χ0n) is 14.9. The molecule has 1 aliphatic heterocycles. The van der Waals surface area contributed by atoms with Gasteiger partial charge >= 0.3 is 0 Å². The molecule has 5 nitrogen and oxygen atoms in total. The first-order valence-electron chi connectivity index (χ1n) is 9.10. The van der Waals surface area contributed by atoms with Gasteiger partial charge in [0.25, 0.3) is 5.91 Å². The molecule has 26 heavy (non-hydrogen) atoms. The van der Waals surface area contributed by atoms with Gasteiger partial charge in [-0.3, -0.25) is 9.78 Å². The van der Waals surface area contributed by atoms with Gasteiger partial charge in [-0.15, -0.1) is 0 Å². The van der Waals surface area contributed by atoms with E-state index in [-0.39, 0.29) is 5.91 Å². The molecule has 1 fully saturated rings. The summed E-state index contributed by atoms with van der Waals surface area (Å²) in [6.07, 6.45) is 8.11. The maximum atomic E-state index is 12.8. The third kappa shape index (κ3) is 3.43. The fraction of sp³-hybridized carbons (Fsp3) is 0.333. The lowest BCUT2D eigenvalue weighted by Gasteiger charge is -2.33. The van der Waals surface area contributed by atoms with Crippen molar-refractivity contribution >= 4 is 16.8 Å². The first kappa shape index (κ1) is 16.6. The molecule has 1 aromatic carbocycles. The highest BCUT2D eigenvalue weighted by atomic mass is 16.2. The van der Waals surface area contributed by atoms with Crippen LogP contribution in [0.15, 0.2) is 49.1 Å². The molecule has 0 saturated carbocycles. The number of carbonyl (C=O) groups excluding carboxylic acids is 1. The maximum Gasteiger partial charge on any atom is 0.257 e. The number of fused-ring (bicyclic) bond motifs is 1. The van der Waals surface area contributed by atoms with Crippen molar-refractivity contribution in [3.8, 4) is 0 Å². The van der Waals surface area contributed by atoms with Crippen LogP contribution < -0.4 is 0 Å². The Morgan fingerprint density at radius 3 is 3.08 bits per heavy atom. The first-order chi connectivity index (χ1) is 12.7. The molecule has 3 aromatic rings. The number of aromatic nitrogens is 3. The van der Waals surface area contributed by atoms with E-state index in [2.05, 4.69) is 39.2 Å². The normalized spacial score (nSPS) is 17.4. The number of carbonyl (C=O) groups is 1. The lowest BCUT2D eigenvalue weighted by Crippen LogP contribution is -2.40. The molecule has 3 heterocycles. The standard InChI is InChI=1S/C21H22N4O/c1-15-19(12-22-14-24-15)21(26)25-9-3-4-17(13-25)10-16-6-7-20-18(11-16)5-2-8-23-20/h2,5-8,11-12,14,17H,3-4,9-10,13H2,1H3. The van der Waals surface area contributed by atoms with Crippen molar-refractivity contribution in [1.82, 2.24) is 19.9 Å². The summed E-state index contributed by atoms with van der Waals surface area (Å²) in [6, 6.07) is 10.5. The van der Waals surface area contributed by atoms with Gasteiger partial charge in [0.2, 0.25) is 0 Å². The van der Waals surface area contributed by atoms with Crippen LogP contribution in [0, 0.1) is 12.8 Å². The third-order valence-corrected chi connectivity index (χ3v) is 5.14. The molecule has 0 aliphatic carbocycles. The van der Waals surface area contributed by atoms with Crippen LogP contribution in [0.4, 0.5) is 0 Å². The highest BCUT2D eigenvalue weighted by Gasteiger charge is 2.26. The zero-order valence-corrected chi connectivity index (χ0v) is 14.9. The molecule has 0 radical (unpaired) electrons. The van der Waals surface area contributed by atoms with E-state index in [1.807, 2.05) is 24.1 Å². The summed E-state index contributed by atoms with van der Waals surface area (Å²) in [5.74, 6) is 0.530. The summed E-state index contributed by atoms with van der Waals surface area (Å²) in [4.78, 5) is 27.3. The molecule has 1 saturated heterocycles. The number of benzene rings is 1. The van der Waals surface area contributed by atoms with Crippen molar-refractivity contribution in [1.29, 1.82) is 0 Å². The Hall–Kier alpha value is -2.82. The maximum absolute atomic E-state index is 12.8. The summed E-state index contributed by atoms with van der Waals surface area (Å²) in [5.41, 5.74) is 3.69. The lowest BCUT2D eigenvalue weighted by atomic mass is 9.90. The molecule has 0 bridgehead atoms. The Morgan fingerprint density at radius 1 is 1.27 bits per heavy atom. The molecule has 1 amide bonds. The zero-order chi connectivity index (χ0) is 17.9. The monoisotopic (exact) mass is 346 g/mol. The predicted molar refractivity (Wildman–Crippen MR) is 101 cm³/mol. The van der Waals surface area contributed by atoms with Crippen molar-refractivity contribution in [3.63, 3.8) is 0 Å². The van der Waals surface area contributed by atoms with Crippen molar-refractivity contribution in [3.05, 3.63) is 65.9 Å². The Morgan fingerprint density at radius 2 is 2.19 bits per heavy atom. The second kappa shape index (κ2) is 7.20. The largest absolute Gasteiger partial charge is 0.338 e. The van der Waals surface area contributed by atoms with E-state index in [0.717, 1.165) is 43.6 Å². The molecule has 4 rings (SSSR count). The number of pyridine rings is 1. The van der Waals surface area contributed by atoms with Crippen LogP contribution in [0.5, 0.6) is 0 Å². The average Bonchev–Trinajstić information content (AvgIpc) is 2.68. The van der Waals surface area contributed by atoms with Gasteiger partial charge in [0.1, 0.15) is 6.33 Å². The quantitative estimate of drug-likeness (QED) is 0.729. The van der Waals surface area contributed by atoms with E-state index >= 15 is 0 Å². The lowest BCUT2D eigenvalue weighted by molar-refractivity contribution is 0.0671. The highest BCUT2D eigenvalue weighted by Crippen LogP contribution is 2.24. The summed E-state index contributed by atoms with van der Waals surface area (Å²) in [6.45, 7) is 3.46. The van der Waals surface area contributed by atoms with E-state index in [1.54, 1.807) is 6.20 Å². The van der Waals surface area contributed by atoms with Gasteiger partial charge < -0.3 is 4.90 Å². The summed E-state index contributed by atoms with van der Waals surface area (Å²) >= 11 is 0. The van der Waals surface area contributed by atoms with E-state index < -0.39 is 0 Å². The molecule has 0 N–H and O–H groups in total. The van der Waals surface area contributed by atoms with Gasteiger partial charge in [-0.2, -0.15) is 0 Å². The summed E-state index contributed by atoms with van der Waals surface area (Å²) in [7, 11) is 0. The average molecular weight is 346 g/mol. The molecule has 0 spiro atoms. The van der Waals surface area contributed by atoms with Crippen LogP contribution in [0.25, 0.3) is 10.9 Å². The second-order valence-electron chi connectivity index (χ2n) is 7.02. The van der Waals surface area contributed by atoms with E-state index in [4.69, 9.17) is 0 Å². The van der Waals surface area contributed by atoms with Crippen molar-refractivity contribution < 1.29 is 4.79 Å². The Bertz CT molecular complexity index is 940. The SMILES string of the molecule is Cc1ncncc1C(=O)N1CCCC(Cc2ccc3ncccc3c2)C1. The van der Waals surface area contributed by atoms with Crippen LogP contribution in [-0.2, 0) is 6.42 Å². The number of likely N-dealkylation sites (tertiary alicyclic amines) is 1. The van der Waals surface area contributed by atoms with Crippen LogP contribution in [0.1, 0.15) is 34.5 Å². The molecular formula is C21H22N4O. The minimum atomic E-state index is 0.0514. The number of rotatable bonds is 3. The minimum absolute atomic E-state index is 0.0514. The van der Waals surface area contributed by atoms with Crippen LogP contribution >= 0.6 is 0 Å². The van der Waals surface area contributed by atoms with Gasteiger partial charge in [-0.25, -0.2) is 9.97 Å². The Labute approximate surface area is 153 Å². The number of nitrogens with zero attached hydrogens (tertiary/aromatic N) is 4. The Balaban J connectivity index is 1.48. The molecule has 2 aromatic heterocycles. The highest BCUT2D eigenvalue weighted by molar-refractivity contribution is 5.95. The number of hydrogen-bond donors (Lipinski definition) is 0. The predicted octanol–water partition coefficient (Wildman–Crippen LogP) is 3.43. The minimum Gasteiger partial charge on any atom is -0.338 e. The molecule has 1 atom stereocenters. The van der Waals surface area contributed by atoms with E-state index in [1.165, 1.54) is 17.3 Å². The molecular weight excluding hydrogens is 324 g/mol. The van der Waals surface area contributed by atoms with Crippen LogP contribution in [0.2, 0.25) is 0 Å². The fourth-order valence-corrected chi connectivity index (χ4v) is 3.77. The third-order valence-electron chi connectivity index (χ3n) is 5.14. The van der Waals surface area contributed by atoms with Gasteiger partial charge in [0.05, 0.1) is 16.8 Å². The second-order valence-corrected chi connectivity index (χ2v) is 7.02. The van der Waals surface area contributed by atoms with Gasteiger partial charge in [0.15, 0.2) is 0 Å². The first-order valence-corrected chi connectivity index (χ1v) is 9.10. The van der Waals surface area contributed by atoms with Gasteiger partial charge in [-0.05, 0) is 55.9 Å². The van der Waals surface area contributed by atoms with E-state index in [9.17, 15) is 4.79 Å².